The summed E-state index contributed by atoms with van der Waals surface area (Å²) < 4.78 is 15.7. The molecule has 128 valence electrons. The number of nitrogens with one attached hydrogen (secondary N) is 1. The van der Waals surface area contributed by atoms with Gasteiger partial charge < -0.3 is 11.1 Å². The zero-order valence-electron chi connectivity index (χ0n) is 13.5. The highest BCUT2D eigenvalue weighted by molar-refractivity contribution is 5.92. The number of carbonyl (C=O) groups excluding carboxylic acids is 1. The molecule has 0 spiro atoms. The van der Waals surface area contributed by atoms with Crippen LogP contribution in [0.2, 0.25) is 0 Å². The van der Waals surface area contributed by atoms with Crippen molar-refractivity contribution in [2.75, 3.05) is 18.4 Å². The second-order valence-corrected chi connectivity index (χ2v) is 6.04. The van der Waals surface area contributed by atoms with Gasteiger partial charge in [0.2, 0.25) is 5.91 Å². The van der Waals surface area contributed by atoms with Gasteiger partial charge in [-0.3, -0.25) is 14.4 Å². The molecule has 0 radical (unpaired) electrons. The first-order chi connectivity index (χ1) is 11.5. The van der Waals surface area contributed by atoms with Crippen LogP contribution < -0.4 is 11.1 Å². The van der Waals surface area contributed by atoms with Gasteiger partial charge in [-0.1, -0.05) is 0 Å². The maximum atomic E-state index is 13.9. The third kappa shape index (κ3) is 3.70. The number of anilines is 1. The number of pyridine rings is 1. The van der Waals surface area contributed by atoms with Crippen molar-refractivity contribution in [2.24, 2.45) is 12.8 Å². The van der Waals surface area contributed by atoms with Gasteiger partial charge in [-0.15, -0.1) is 0 Å². The highest BCUT2D eigenvalue weighted by Crippen LogP contribution is 2.23. The van der Waals surface area contributed by atoms with E-state index in [1.54, 1.807) is 23.0 Å². The normalized spacial score (nSPS) is 21.1. The van der Waals surface area contributed by atoms with Crippen LogP contribution in [0.25, 0.3) is 0 Å². The lowest BCUT2D eigenvalue weighted by Crippen LogP contribution is -2.35. The third-order valence-electron chi connectivity index (χ3n) is 4.33. The Bertz CT molecular complexity index is 701. The van der Waals surface area contributed by atoms with Crippen molar-refractivity contribution in [3.05, 3.63) is 41.9 Å². The SMILES string of the molecule is Cn1nccc1CN1C[C@@H](F)C[C@H]1CNc1ccc(C(N)=O)cn1. The van der Waals surface area contributed by atoms with Gasteiger partial charge in [0.25, 0.3) is 0 Å². The number of nitrogens with zero attached hydrogens (tertiary/aromatic N) is 4. The monoisotopic (exact) mass is 332 g/mol. The summed E-state index contributed by atoms with van der Waals surface area (Å²) in [7, 11) is 1.88. The number of primary amides is 1. The highest BCUT2D eigenvalue weighted by Gasteiger charge is 2.32. The number of likely N-dealkylation sites (tertiary alicyclic amines) is 1. The molecule has 0 saturated carbocycles. The minimum absolute atomic E-state index is 0.0764. The van der Waals surface area contributed by atoms with E-state index in [0.717, 1.165) is 5.69 Å². The smallest absolute Gasteiger partial charge is 0.250 e. The number of amides is 1. The number of aromatic nitrogens is 3. The van der Waals surface area contributed by atoms with Gasteiger partial charge in [-0.05, 0) is 24.6 Å². The van der Waals surface area contributed by atoms with Crippen LogP contribution in [0.4, 0.5) is 10.2 Å². The van der Waals surface area contributed by atoms with E-state index in [1.165, 1.54) is 6.20 Å². The fourth-order valence-electron chi connectivity index (χ4n) is 2.96. The van der Waals surface area contributed by atoms with E-state index < -0.39 is 12.1 Å². The second-order valence-electron chi connectivity index (χ2n) is 6.04. The number of nitrogens with two attached hydrogens (primary N) is 1. The summed E-state index contributed by atoms with van der Waals surface area (Å²) in [6.07, 6.45) is 2.85. The zero-order chi connectivity index (χ0) is 17.1. The van der Waals surface area contributed by atoms with E-state index in [4.69, 9.17) is 5.73 Å². The van der Waals surface area contributed by atoms with Crippen molar-refractivity contribution in [3.63, 3.8) is 0 Å². The number of hydrogen-bond acceptors (Lipinski definition) is 5. The second kappa shape index (κ2) is 6.96. The summed E-state index contributed by atoms with van der Waals surface area (Å²) in [5.74, 6) is 0.134. The lowest BCUT2D eigenvalue weighted by Gasteiger charge is -2.24. The molecule has 3 heterocycles. The minimum atomic E-state index is -0.824. The molecule has 2 atom stereocenters. The Labute approximate surface area is 139 Å². The van der Waals surface area contributed by atoms with E-state index in [1.807, 2.05) is 13.1 Å². The van der Waals surface area contributed by atoms with Crippen molar-refractivity contribution in [1.29, 1.82) is 0 Å². The third-order valence-corrected chi connectivity index (χ3v) is 4.33. The molecular weight excluding hydrogens is 311 g/mol. The van der Waals surface area contributed by atoms with Crippen LogP contribution in [-0.2, 0) is 13.6 Å². The van der Waals surface area contributed by atoms with Gasteiger partial charge in [0.05, 0.1) is 11.3 Å². The topological polar surface area (TPSA) is 89.1 Å². The quantitative estimate of drug-likeness (QED) is 0.822. The van der Waals surface area contributed by atoms with Crippen LogP contribution in [-0.4, -0.2) is 50.9 Å². The van der Waals surface area contributed by atoms with Crippen LogP contribution in [0.1, 0.15) is 22.5 Å². The van der Waals surface area contributed by atoms with Crippen molar-refractivity contribution < 1.29 is 9.18 Å². The Hall–Kier alpha value is -2.48. The van der Waals surface area contributed by atoms with Gasteiger partial charge in [0, 0.05) is 45.1 Å². The van der Waals surface area contributed by atoms with Crippen LogP contribution >= 0.6 is 0 Å². The summed E-state index contributed by atoms with van der Waals surface area (Å²) in [6.45, 7) is 1.67. The van der Waals surface area contributed by atoms with E-state index in [9.17, 15) is 9.18 Å². The summed E-state index contributed by atoms with van der Waals surface area (Å²) >= 11 is 0. The van der Waals surface area contributed by atoms with Crippen LogP contribution in [0.3, 0.4) is 0 Å². The predicted octanol–water partition coefficient (Wildman–Crippen LogP) is 0.938. The number of aryl methyl sites for hydroxylation is 1. The standard InChI is InChI=1S/C16H21FN6O/c1-22-13(4-5-21-22)10-23-9-12(17)6-14(23)8-20-15-3-2-11(7-19-15)16(18)24/h2-5,7,12,14H,6,8-10H2,1H3,(H2,18,24)(H,19,20)/t12-,14-/m0/s1. The number of halogens is 1. The van der Waals surface area contributed by atoms with Crippen LogP contribution in [0.5, 0.6) is 0 Å². The molecule has 1 saturated heterocycles. The van der Waals surface area contributed by atoms with Gasteiger partial charge in [-0.2, -0.15) is 5.10 Å². The molecule has 2 aromatic heterocycles. The lowest BCUT2D eigenvalue weighted by atomic mass is 10.2. The molecular formula is C16H21FN6O. The van der Waals surface area contributed by atoms with Crippen LogP contribution in [0, 0.1) is 0 Å². The fraction of sp³-hybridized carbons (Fsp3) is 0.438. The fourth-order valence-corrected chi connectivity index (χ4v) is 2.96. The lowest BCUT2D eigenvalue weighted by molar-refractivity contribution is 0.1000. The summed E-state index contributed by atoms with van der Waals surface area (Å²) in [5.41, 5.74) is 6.61. The first-order valence-corrected chi connectivity index (χ1v) is 7.87. The highest BCUT2D eigenvalue weighted by atomic mass is 19.1. The Morgan fingerprint density at radius 3 is 2.92 bits per heavy atom. The van der Waals surface area contributed by atoms with Gasteiger partial charge in [0.15, 0.2) is 0 Å². The number of hydrogen-bond donors (Lipinski definition) is 2. The first kappa shape index (κ1) is 16.4. The van der Waals surface area contributed by atoms with E-state index in [-0.39, 0.29) is 6.04 Å². The van der Waals surface area contributed by atoms with E-state index in [2.05, 4.69) is 20.3 Å². The number of alkyl halides is 1. The molecule has 0 aromatic carbocycles. The number of carbonyl (C=O) groups is 1. The minimum Gasteiger partial charge on any atom is -0.369 e. The van der Waals surface area contributed by atoms with Gasteiger partial charge in [-0.25, -0.2) is 9.37 Å². The largest absolute Gasteiger partial charge is 0.369 e. The zero-order valence-corrected chi connectivity index (χ0v) is 13.5. The molecule has 2 aromatic rings. The molecule has 8 heteroatoms. The molecule has 0 bridgehead atoms. The molecule has 1 amide bonds. The Kier molecular flexibility index (Phi) is 4.75. The van der Waals surface area contributed by atoms with E-state index in [0.29, 0.717) is 37.4 Å². The molecule has 7 nitrogen and oxygen atoms in total. The average molecular weight is 332 g/mol. The molecule has 1 aliphatic rings. The molecule has 0 unspecified atom stereocenters. The molecule has 1 fully saturated rings. The van der Waals surface area contributed by atoms with Gasteiger partial charge >= 0.3 is 0 Å². The predicted molar refractivity (Wildman–Crippen MR) is 88.2 cm³/mol. The molecule has 3 N–H and O–H groups in total. The first-order valence-electron chi connectivity index (χ1n) is 7.87. The molecule has 24 heavy (non-hydrogen) atoms. The molecule has 0 aliphatic carbocycles. The Morgan fingerprint density at radius 1 is 1.46 bits per heavy atom. The van der Waals surface area contributed by atoms with Gasteiger partial charge in [0.1, 0.15) is 12.0 Å². The number of rotatable bonds is 6. The summed E-state index contributed by atoms with van der Waals surface area (Å²) in [5, 5.41) is 7.36. The van der Waals surface area contributed by atoms with Crippen molar-refractivity contribution in [2.45, 2.75) is 25.2 Å². The molecule has 3 rings (SSSR count). The van der Waals surface area contributed by atoms with Crippen molar-refractivity contribution in [1.82, 2.24) is 19.7 Å². The maximum absolute atomic E-state index is 13.9. The Balaban J connectivity index is 1.60. The summed E-state index contributed by atoms with van der Waals surface area (Å²) in [6, 6.07) is 5.35. The van der Waals surface area contributed by atoms with E-state index >= 15 is 0 Å². The van der Waals surface area contributed by atoms with Crippen molar-refractivity contribution >= 4 is 11.7 Å². The average Bonchev–Trinajstić information content (AvgIpc) is 3.12. The maximum Gasteiger partial charge on any atom is 0.250 e. The Morgan fingerprint density at radius 2 is 2.29 bits per heavy atom. The molecule has 1 aliphatic heterocycles. The van der Waals surface area contributed by atoms with Crippen LogP contribution in [0.15, 0.2) is 30.6 Å². The van der Waals surface area contributed by atoms with Crippen molar-refractivity contribution in [3.8, 4) is 0 Å². The summed E-state index contributed by atoms with van der Waals surface area (Å²) in [4.78, 5) is 17.3.